The van der Waals surface area contributed by atoms with E-state index in [0.717, 1.165) is 0 Å². The van der Waals surface area contributed by atoms with Gasteiger partial charge in [-0.25, -0.2) is 0 Å². The molecule has 1 heterocycles. The zero-order valence-electron chi connectivity index (χ0n) is 23.3. The van der Waals surface area contributed by atoms with Crippen LogP contribution in [0.2, 0.25) is 0 Å². The molecule has 198 valence electrons. The maximum absolute atomic E-state index is 2.48. The first-order valence-corrected chi connectivity index (χ1v) is 15.6. The zero-order chi connectivity index (χ0) is 27.6. The highest BCUT2D eigenvalue weighted by molar-refractivity contribution is 8.17. The number of rotatable bonds is 4. The van der Waals surface area contributed by atoms with Crippen LogP contribution in [0, 0.1) is 0 Å². The normalized spacial score (nSPS) is 13.8. The van der Waals surface area contributed by atoms with Crippen LogP contribution in [0.5, 0.6) is 0 Å². The van der Waals surface area contributed by atoms with Gasteiger partial charge in [-0.05, 0) is 97.6 Å². The molecule has 0 fully saturated rings. The minimum Gasteiger partial charge on any atom is -0.309 e. The Morgan fingerprint density at radius 3 is 1.85 bits per heavy atom. The van der Waals surface area contributed by atoms with Crippen molar-refractivity contribution in [3.05, 3.63) is 157 Å². The van der Waals surface area contributed by atoms with Crippen molar-refractivity contribution in [3.8, 4) is 16.8 Å². The van der Waals surface area contributed by atoms with Crippen molar-refractivity contribution < 1.29 is 0 Å². The summed E-state index contributed by atoms with van der Waals surface area (Å²) in [4.78, 5) is 4.09. The van der Waals surface area contributed by atoms with Crippen molar-refractivity contribution in [1.82, 2.24) is 4.57 Å². The first-order valence-electron chi connectivity index (χ1n) is 14.3. The molecule has 0 N–H and O–H groups in total. The molecule has 1 aromatic heterocycles. The second-order valence-electron chi connectivity index (χ2n) is 11.5. The summed E-state index contributed by atoms with van der Waals surface area (Å²) in [6, 6.07) is 53.9. The molecule has 0 bridgehead atoms. The van der Waals surface area contributed by atoms with Gasteiger partial charge in [-0.1, -0.05) is 98.8 Å². The summed E-state index contributed by atoms with van der Waals surface area (Å²) in [5, 5.41) is 2.62. The third-order valence-corrected chi connectivity index (χ3v) is 11.2. The van der Waals surface area contributed by atoms with Gasteiger partial charge in [-0.2, -0.15) is 10.9 Å². The van der Waals surface area contributed by atoms with Gasteiger partial charge in [0.15, 0.2) is 0 Å². The van der Waals surface area contributed by atoms with E-state index in [1.807, 2.05) is 0 Å². The van der Waals surface area contributed by atoms with E-state index < -0.39 is 10.9 Å². The number of benzene rings is 6. The molecule has 0 saturated carbocycles. The highest BCUT2D eigenvalue weighted by Gasteiger charge is 2.36. The van der Waals surface area contributed by atoms with E-state index in [4.69, 9.17) is 0 Å². The lowest BCUT2D eigenvalue weighted by molar-refractivity contribution is 0.661. The van der Waals surface area contributed by atoms with Crippen LogP contribution in [0.15, 0.2) is 160 Å². The fraction of sp³-hybridized carbons (Fsp3) is 0.0769. The standard InChI is InChI=1S/C39H31NS/c1-39(2)35-22-11-9-20-31(35)33-26-38-34(25-36(33)39)32-21-10-12-23-37(32)40(38)27-14-13-19-30(24-27)41(28-15-5-3-6-16-28)29-17-7-4-8-18-29/h3-26,41H,1-2H3. The van der Waals surface area contributed by atoms with Crippen LogP contribution in [0.1, 0.15) is 25.0 Å². The molecule has 1 aliphatic carbocycles. The Balaban J connectivity index is 1.39. The second-order valence-corrected chi connectivity index (χ2v) is 13.7. The topological polar surface area (TPSA) is 4.93 Å². The van der Waals surface area contributed by atoms with Gasteiger partial charge in [0.05, 0.1) is 11.0 Å². The number of aromatic nitrogens is 1. The van der Waals surface area contributed by atoms with Gasteiger partial charge in [0.2, 0.25) is 0 Å². The van der Waals surface area contributed by atoms with Crippen molar-refractivity contribution in [2.45, 2.75) is 33.9 Å². The molecule has 0 atom stereocenters. The van der Waals surface area contributed by atoms with Crippen LogP contribution in [0.25, 0.3) is 38.6 Å². The van der Waals surface area contributed by atoms with Gasteiger partial charge >= 0.3 is 0 Å². The Bertz CT molecular complexity index is 2030. The van der Waals surface area contributed by atoms with Crippen LogP contribution in [-0.2, 0) is 5.41 Å². The molecule has 6 aromatic carbocycles. The van der Waals surface area contributed by atoms with Crippen molar-refractivity contribution in [3.63, 3.8) is 0 Å². The highest BCUT2D eigenvalue weighted by Crippen LogP contribution is 2.53. The van der Waals surface area contributed by atoms with Gasteiger partial charge in [0.1, 0.15) is 0 Å². The molecular formula is C39H31NS. The maximum atomic E-state index is 2.48. The third-order valence-electron chi connectivity index (χ3n) is 8.75. The Hall–Kier alpha value is -4.53. The molecule has 8 rings (SSSR count). The van der Waals surface area contributed by atoms with E-state index in [1.165, 1.54) is 64.4 Å². The van der Waals surface area contributed by atoms with Crippen LogP contribution in [-0.4, -0.2) is 4.57 Å². The van der Waals surface area contributed by atoms with Crippen LogP contribution in [0.3, 0.4) is 0 Å². The van der Waals surface area contributed by atoms with Gasteiger partial charge in [0, 0.05) is 21.9 Å². The Morgan fingerprint density at radius 2 is 1.10 bits per heavy atom. The van der Waals surface area contributed by atoms with Gasteiger partial charge in [-0.15, -0.1) is 0 Å². The average molecular weight is 546 g/mol. The number of nitrogens with zero attached hydrogens (tertiary/aromatic N) is 1. The molecule has 0 aliphatic heterocycles. The maximum Gasteiger partial charge on any atom is 0.0547 e. The van der Waals surface area contributed by atoms with E-state index in [-0.39, 0.29) is 5.41 Å². The van der Waals surface area contributed by atoms with E-state index in [1.54, 1.807) is 0 Å². The first-order chi connectivity index (χ1) is 20.1. The zero-order valence-corrected chi connectivity index (χ0v) is 24.1. The SMILES string of the molecule is CC1(C)c2ccccc2-c2cc3c(cc21)c1ccccc1n3-c1cccc([SH](c2ccccc2)c2ccccc2)c1. The summed E-state index contributed by atoms with van der Waals surface area (Å²) in [7, 11) is -0.690. The average Bonchev–Trinajstić information content (AvgIpc) is 3.46. The summed E-state index contributed by atoms with van der Waals surface area (Å²) in [6.07, 6.45) is 0. The predicted octanol–water partition coefficient (Wildman–Crippen LogP) is 10.6. The summed E-state index contributed by atoms with van der Waals surface area (Å²) >= 11 is 0. The van der Waals surface area contributed by atoms with E-state index >= 15 is 0 Å². The Morgan fingerprint density at radius 1 is 0.463 bits per heavy atom. The van der Waals surface area contributed by atoms with Crippen LogP contribution < -0.4 is 0 Å². The molecule has 0 radical (unpaired) electrons. The van der Waals surface area contributed by atoms with Crippen LogP contribution in [0.4, 0.5) is 0 Å². The molecule has 1 nitrogen and oxygen atoms in total. The second kappa shape index (κ2) is 9.26. The fourth-order valence-electron chi connectivity index (χ4n) is 6.81. The van der Waals surface area contributed by atoms with Gasteiger partial charge < -0.3 is 4.57 Å². The molecule has 1 aliphatic rings. The lowest BCUT2D eigenvalue weighted by atomic mass is 9.82. The molecule has 2 heteroatoms. The summed E-state index contributed by atoms with van der Waals surface area (Å²) in [5.74, 6) is 0. The smallest absolute Gasteiger partial charge is 0.0547 e. The van der Waals surface area contributed by atoms with Crippen molar-refractivity contribution in [1.29, 1.82) is 0 Å². The monoisotopic (exact) mass is 545 g/mol. The molecule has 0 amide bonds. The largest absolute Gasteiger partial charge is 0.309 e. The van der Waals surface area contributed by atoms with Crippen molar-refractivity contribution in [2.24, 2.45) is 0 Å². The summed E-state index contributed by atoms with van der Waals surface area (Å²) in [6.45, 7) is 4.73. The van der Waals surface area contributed by atoms with E-state index in [9.17, 15) is 0 Å². The lowest BCUT2D eigenvalue weighted by Crippen LogP contribution is -2.14. The van der Waals surface area contributed by atoms with Gasteiger partial charge in [-0.3, -0.25) is 0 Å². The summed E-state index contributed by atoms with van der Waals surface area (Å²) in [5.41, 5.74) is 9.24. The Labute approximate surface area is 244 Å². The molecule has 7 aromatic rings. The fourth-order valence-corrected chi connectivity index (χ4v) is 9.15. The number of thiol groups is 1. The van der Waals surface area contributed by atoms with E-state index in [0.29, 0.717) is 0 Å². The van der Waals surface area contributed by atoms with Crippen molar-refractivity contribution in [2.75, 3.05) is 0 Å². The quantitative estimate of drug-likeness (QED) is 0.210. The highest BCUT2D eigenvalue weighted by atomic mass is 32.2. The Kier molecular flexibility index (Phi) is 5.48. The first kappa shape index (κ1) is 24.3. The molecule has 0 saturated heterocycles. The molecular weight excluding hydrogens is 515 g/mol. The number of hydrogen-bond donors (Lipinski definition) is 1. The number of hydrogen-bond acceptors (Lipinski definition) is 0. The van der Waals surface area contributed by atoms with Crippen molar-refractivity contribution >= 4 is 32.7 Å². The summed E-state index contributed by atoms with van der Waals surface area (Å²) < 4.78 is 2.48. The minimum absolute atomic E-state index is 0.0234. The molecule has 41 heavy (non-hydrogen) atoms. The minimum atomic E-state index is -0.690. The number of fused-ring (bicyclic) bond motifs is 6. The molecule has 0 unspecified atom stereocenters. The lowest BCUT2D eigenvalue weighted by Gasteiger charge is -2.24. The number of para-hydroxylation sites is 1. The van der Waals surface area contributed by atoms with Gasteiger partial charge in [0.25, 0.3) is 0 Å². The predicted molar refractivity (Wildman–Crippen MR) is 175 cm³/mol. The molecule has 0 spiro atoms. The third kappa shape index (κ3) is 3.71. The van der Waals surface area contributed by atoms with E-state index in [2.05, 4.69) is 164 Å². The van der Waals surface area contributed by atoms with Crippen LogP contribution >= 0.6 is 10.9 Å².